The fraction of sp³-hybridized carbons (Fsp3) is 0.174. The number of para-hydroxylation sites is 2. The predicted molar refractivity (Wildman–Crippen MR) is 104 cm³/mol. The van der Waals surface area contributed by atoms with Crippen molar-refractivity contribution >= 4 is 21.8 Å². The molecule has 4 aromatic rings. The molecule has 1 heterocycles. The van der Waals surface area contributed by atoms with Crippen LogP contribution in [0.2, 0.25) is 0 Å². The summed E-state index contributed by atoms with van der Waals surface area (Å²) in [4.78, 5) is 0. The molecule has 0 unspecified atom stereocenters. The lowest BCUT2D eigenvalue weighted by atomic mass is 9.85. The smallest absolute Gasteiger partial charge is 0.0991 e. The van der Waals surface area contributed by atoms with E-state index in [1.807, 2.05) is 24.3 Å². The van der Waals surface area contributed by atoms with E-state index >= 15 is 0 Å². The summed E-state index contributed by atoms with van der Waals surface area (Å²) in [5.74, 6) is 0. The van der Waals surface area contributed by atoms with Crippen LogP contribution in [0.5, 0.6) is 0 Å². The van der Waals surface area contributed by atoms with Crippen LogP contribution in [0.25, 0.3) is 27.5 Å². The Kier molecular flexibility index (Phi) is 3.40. The van der Waals surface area contributed by atoms with E-state index in [9.17, 15) is 0 Å². The first-order chi connectivity index (χ1) is 12.0. The van der Waals surface area contributed by atoms with E-state index in [0.717, 1.165) is 5.69 Å². The van der Waals surface area contributed by atoms with Gasteiger partial charge in [-0.1, -0.05) is 57.2 Å². The fourth-order valence-electron chi connectivity index (χ4n) is 3.58. The van der Waals surface area contributed by atoms with Gasteiger partial charge in [0.05, 0.1) is 22.7 Å². The Balaban J connectivity index is 2.18. The molecule has 0 saturated carbocycles. The molecule has 4 rings (SSSR count). The topological polar surface area (TPSA) is 28.7 Å². The Hall–Kier alpha value is -3.05. The summed E-state index contributed by atoms with van der Waals surface area (Å²) in [6.45, 7) is 6.76. The molecule has 0 spiro atoms. The Labute approximate surface area is 147 Å². The van der Waals surface area contributed by atoms with Crippen molar-refractivity contribution in [1.82, 2.24) is 4.57 Å². The molecule has 0 radical (unpaired) electrons. The summed E-state index contributed by atoms with van der Waals surface area (Å²) in [6.07, 6.45) is 0. The van der Waals surface area contributed by atoms with E-state index in [2.05, 4.69) is 73.9 Å². The molecule has 0 aliphatic heterocycles. The zero-order valence-corrected chi connectivity index (χ0v) is 14.7. The number of aromatic nitrogens is 1. The number of nitriles is 1. The van der Waals surface area contributed by atoms with Crippen molar-refractivity contribution in [2.75, 3.05) is 0 Å². The molecule has 0 bridgehead atoms. The summed E-state index contributed by atoms with van der Waals surface area (Å²) in [7, 11) is 0. The second-order valence-electron chi connectivity index (χ2n) is 7.46. The average Bonchev–Trinajstić information content (AvgIpc) is 2.95. The van der Waals surface area contributed by atoms with E-state index in [1.165, 1.54) is 27.4 Å². The lowest BCUT2D eigenvalue weighted by Crippen LogP contribution is -2.13. The quantitative estimate of drug-likeness (QED) is 0.425. The maximum atomic E-state index is 9.10. The van der Waals surface area contributed by atoms with Crippen LogP contribution in [-0.4, -0.2) is 4.57 Å². The maximum Gasteiger partial charge on any atom is 0.0991 e. The number of nitrogens with zero attached hydrogens (tertiary/aromatic N) is 2. The molecule has 0 aliphatic rings. The minimum Gasteiger partial charge on any atom is -0.309 e. The minimum absolute atomic E-state index is 0.0399. The normalized spacial score (nSPS) is 11.8. The van der Waals surface area contributed by atoms with Crippen molar-refractivity contribution in [2.45, 2.75) is 26.2 Å². The molecular weight excluding hydrogens is 304 g/mol. The van der Waals surface area contributed by atoms with Gasteiger partial charge < -0.3 is 4.57 Å². The SMILES string of the molecule is CC(C)(C)c1cccc2c3ccccc3n(-c3ccc(C#N)cc3)c12. The first-order valence-corrected chi connectivity index (χ1v) is 8.54. The van der Waals surface area contributed by atoms with Gasteiger partial charge in [-0.05, 0) is 41.3 Å². The van der Waals surface area contributed by atoms with Gasteiger partial charge in [-0.2, -0.15) is 5.26 Å². The van der Waals surface area contributed by atoms with Crippen LogP contribution in [0.15, 0.2) is 66.7 Å². The first-order valence-electron chi connectivity index (χ1n) is 8.54. The van der Waals surface area contributed by atoms with Gasteiger partial charge in [-0.15, -0.1) is 0 Å². The van der Waals surface area contributed by atoms with Gasteiger partial charge in [-0.25, -0.2) is 0 Å². The molecule has 2 heteroatoms. The summed E-state index contributed by atoms with van der Waals surface area (Å²) in [5, 5.41) is 11.6. The monoisotopic (exact) mass is 324 g/mol. The predicted octanol–water partition coefficient (Wildman–Crippen LogP) is 5.95. The zero-order chi connectivity index (χ0) is 17.6. The van der Waals surface area contributed by atoms with E-state index < -0.39 is 0 Å². The third-order valence-corrected chi connectivity index (χ3v) is 4.76. The molecule has 0 aliphatic carbocycles. The molecule has 0 N–H and O–H groups in total. The molecular formula is C23H20N2. The van der Waals surface area contributed by atoms with Gasteiger partial charge >= 0.3 is 0 Å². The van der Waals surface area contributed by atoms with Gasteiger partial charge in [0.15, 0.2) is 0 Å². The van der Waals surface area contributed by atoms with Crippen molar-refractivity contribution in [3.63, 3.8) is 0 Å². The Morgan fingerprint density at radius 3 is 2.16 bits per heavy atom. The van der Waals surface area contributed by atoms with E-state index in [0.29, 0.717) is 5.56 Å². The van der Waals surface area contributed by atoms with E-state index in [1.54, 1.807) is 0 Å². The highest BCUT2D eigenvalue weighted by atomic mass is 15.0. The highest BCUT2D eigenvalue weighted by molar-refractivity contribution is 6.10. The first kappa shape index (κ1) is 15.5. The van der Waals surface area contributed by atoms with Crippen LogP contribution in [0.1, 0.15) is 31.9 Å². The number of rotatable bonds is 1. The Morgan fingerprint density at radius 1 is 0.800 bits per heavy atom. The Morgan fingerprint density at radius 2 is 1.48 bits per heavy atom. The van der Waals surface area contributed by atoms with Gasteiger partial charge in [0.1, 0.15) is 0 Å². The number of benzene rings is 3. The fourth-order valence-corrected chi connectivity index (χ4v) is 3.58. The van der Waals surface area contributed by atoms with E-state index in [4.69, 9.17) is 5.26 Å². The highest BCUT2D eigenvalue weighted by Crippen LogP contribution is 2.38. The van der Waals surface area contributed by atoms with Crippen LogP contribution < -0.4 is 0 Å². The second kappa shape index (κ2) is 5.50. The highest BCUT2D eigenvalue weighted by Gasteiger charge is 2.22. The van der Waals surface area contributed by atoms with Crippen LogP contribution in [0.4, 0.5) is 0 Å². The van der Waals surface area contributed by atoms with Gasteiger partial charge in [0.25, 0.3) is 0 Å². The number of hydrogen-bond donors (Lipinski definition) is 0. The Bertz CT molecular complexity index is 1120. The molecule has 0 fully saturated rings. The minimum atomic E-state index is 0.0399. The summed E-state index contributed by atoms with van der Waals surface area (Å²) >= 11 is 0. The van der Waals surface area contributed by atoms with Crippen molar-refractivity contribution < 1.29 is 0 Å². The lowest BCUT2D eigenvalue weighted by molar-refractivity contribution is 0.594. The number of fused-ring (bicyclic) bond motifs is 3. The zero-order valence-electron chi connectivity index (χ0n) is 14.7. The van der Waals surface area contributed by atoms with Gasteiger partial charge in [-0.3, -0.25) is 0 Å². The summed E-state index contributed by atoms with van der Waals surface area (Å²) < 4.78 is 2.33. The third-order valence-electron chi connectivity index (χ3n) is 4.76. The lowest BCUT2D eigenvalue weighted by Gasteiger charge is -2.22. The molecule has 0 saturated heterocycles. The van der Waals surface area contributed by atoms with Crippen LogP contribution in [-0.2, 0) is 5.41 Å². The summed E-state index contributed by atoms with van der Waals surface area (Å²) in [5.41, 5.74) is 5.57. The van der Waals surface area contributed by atoms with Crippen LogP contribution >= 0.6 is 0 Å². The molecule has 0 amide bonds. The largest absolute Gasteiger partial charge is 0.309 e. The average molecular weight is 324 g/mol. The molecule has 0 atom stereocenters. The molecule has 1 aromatic heterocycles. The van der Waals surface area contributed by atoms with Crippen molar-refractivity contribution in [3.05, 3.63) is 77.9 Å². The van der Waals surface area contributed by atoms with Crippen molar-refractivity contribution in [2.24, 2.45) is 0 Å². The summed E-state index contributed by atoms with van der Waals surface area (Å²) in [6, 6.07) is 25.1. The molecule has 2 nitrogen and oxygen atoms in total. The third kappa shape index (κ3) is 2.40. The maximum absolute atomic E-state index is 9.10. The number of hydrogen-bond acceptors (Lipinski definition) is 1. The van der Waals surface area contributed by atoms with Crippen molar-refractivity contribution in [3.8, 4) is 11.8 Å². The van der Waals surface area contributed by atoms with Gasteiger partial charge in [0, 0.05) is 16.5 Å². The van der Waals surface area contributed by atoms with Crippen molar-refractivity contribution in [1.29, 1.82) is 5.26 Å². The molecule has 122 valence electrons. The van der Waals surface area contributed by atoms with E-state index in [-0.39, 0.29) is 5.41 Å². The van der Waals surface area contributed by atoms with Crippen LogP contribution in [0, 0.1) is 11.3 Å². The standard InChI is InChI=1S/C23H20N2/c1-23(2,3)20-9-6-8-19-18-7-4-5-10-21(18)25(22(19)20)17-13-11-16(15-24)12-14-17/h4-14H,1-3H3. The second-order valence-corrected chi connectivity index (χ2v) is 7.46. The van der Waals surface area contributed by atoms with Gasteiger partial charge in [0.2, 0.25) is 0 Å². The van der Waals surface area contributed by atoms with Crippen LogP contribution in [0.3, 0.4) is 0 Å². The molecule has 3 aromatic carbocycles. The molecule has 25 heavy (non-hydrogen) atoms.